The van der Waals surface area contributed by atoms with Crippen LogP contribution in [0.15, 0.2) is 30.3 Å². The molecule has 1 aromatic rings. The number of hydrogen-bond acceptors (Lipinski definition) is 1. The van der Waals surface area contributed by atoms with Gasteiger partial charge in [-0.05, 0) is 59.1 Å². The molecule has 90 valence electrons. The molecule has 1 fully saturated rings. The van der Waals surface area contributed by atoms with E-state index in [4.69, 9.17) is 0 Å². The molecule has 2 heteroatoms. The second-order valence-corrected chi connectivity index (χ2v) is 6.15. The number of benzene rings is 1. The van der Waals surface area contributed by atoms with Gasteiger partial charge in [-0.25, -0.2) is 0 Å². The largest absolute Gasteiger partial charge is 1.00 e. The van der Waals surface area contributed by atoms with Crippen molar-refractivity contribution in [3.05, 3.63) is 30.3 Å². The first-order valence-corrected chi connectivity index (χ1v) is 6.29. The van der Waals surface area contributed by atoms with E-state index >= 15 is 0 Å². The fraction of sp³-hybridized carbons (Fsp3) is 0.600. The zero-order valence-corrected chi connectivity index (χ0v) is 12.0. The Labute approximate surface area is 119 Å². The Bertz CT molecular complexity index is 346. The first-order chi connectivity index (χ1) is 7.43. The quantitative estimate of drug-likeness (QED) is 0.652. The van der Waals surface area contributed by atoms with Crippen LogP contribution in [0.3, 0.4) is 0 Å². The molecule has 0 aromatic heterocycles. The van der Waals surface area contributed by atoms with Gasteiger partial charge in [-0.15, -0.1) is 0 Å². The van der Waals surface area contributed by atoms with Gasteiger partial charge in [0.2, 0.25) is 0 Å². The van der Waals surface area contributed by atoms with Gasteiger partial charge in [0, 0.05) is 16.8 Å². The summed E-state index contributed by atoms with van der Waals surface area (Å²) in [6.07, 6.45) is 3.90. The number of rotatable bonds is 1. The van der Waals surface area contributed by atoms with E-state index in [1.165, 1.54) is 24.9 Å². The van der Waals surface area contributed by atoms with E-state index in [0.717, 1.165) is 0 Å². The third kappa shape index (κ3) is 2.90. The topological polar surface area (TPSA) is 3.24 Å². The normalized spacial score (nSPS) is 21.8. The molecule has 0 unspecified atom stereocenters. The second kappa shape index (κ2) is 5.08. The molecule has 1 aliphatic heterocycles. The zero-order valence-electron chi connectivity index (χ0n) is 13.0. The van der Waals surface area contributed by atoms with E-state index in [1.807, 2.05) is 0 Å². The van der Waals surface area contributed by atoms with Crippen molar-refractivity contribution in [3.8, 4) is 0 Å². The van der Waals surface area contributed by atoms with Gasteiger partial charge in [-0.2, -0.15) is 0 Å². The number of anilines is 1. The summed E-state index contributed by atoms with van der Waals surface area (Å²) in [6.45, 7) is 9.45. The van der Waals surface area contributed by atoms with Gasteiger partial charge in [0.25, 0.3) is 0 Å². The van der Waals surface area contributed by atoms with Gasteiger partial charge in [0.15, 0.2) is 0 Å². The molecule has 0 saturated carbocycles. The Hall–Kier alpha value is -0.383. The average molecular weight is 225 g/mol. The summed E-state index contributed by atoms with van der Waals surface area (Å²) in [5, 5.41) is 0. The Kier molecular flexibility index (Phi) is 4.39. The predicted octanol–water partition coefficient (Wildman–Crippen LogP) is 1.35. The van der Waals surface area contributed by atoms with Crippen LogP contribution in [0.1, 0.15) is 48.4 Å². The van der Waals surface area contributed by atoms with E-state index in [2.05, 4.69) is 62.9 Å². The number of para-hydroxylation sites is 1. The van der Waals surface area contributed by atoms with Crippen LogP contribution in [-0.2, 0) is 0 Å². The molecule has 17 heavy (non-hydrogen) atoms. The van der Waals surface area contributed by atoms with Gasteiger partial charge in [0.05, 0.1) is 0 Å². The monoisotopic (exact) mass is 225 g/mol. The third-order valence-corrected chi connectivity index (χ3v) is 3.80. The number of hydrogen-bond donors (Lipinski definition) is 0. The van der Waals surface area contributed by atoms with Gasteiger partial charge < -0.3 is 6.33 Å². The van der Waals surface area contributed by atoms with Crippen molar-refractivity contribution < 1.29 is 20.3 Å². The average Bonchev–Trinajstić information content (AvgIpc) is 2.16. The van der Waals surface area contributed by atoms with Crippen LogP contribution in [0.5, 0.6) is 0 Å². The molecule has 0 N–H and O–H groups in total. The first-order valence-electron chi connectivity index (χ1n) is 6.29. The van der Waals surface area contributed by atoms with Gasteiger partial charge >= 0.3 is 18.9 Å². The molecule has 1 saturated heterocycles. The Morgan fingerprint density at radius 1 is 0.941 bits per heavy atom. The van der Waals surface area contributed by atoms with Crippen molar-refractivity contribution in [2.45, 2.75) is 58.0 Å². The van der Waals surface area contributed by atoms with Crippen molar-refractivity contribution in [2.24, 2.45) is 0 Å². The van der Waals surface area contributed by atoms with Crippen molar-refractivity contribution in [1.29, 1.82) is 0 Å². The molecule has 0 aliphatic carbocycles. The van der Waals surface area contributed by atoms with Gasteiger partial charge in [-0.3, -0.25) is 0 Å². The van der Waals surface area contributed by atoms with Crippen LogP contribution in [0.4, 0.5) is 5.69 Å². The SMILES string of the molecule is CC1(C)CCCC(C)(C)N1c1ccccc1.[H-].[Li+]. The maximum absolute atomic E-state index is 2.60. The van der Waals surface area contributed by atoms with Crippen LogP contribution in [0.25, 0.3) is 0 Å². The Morgan fingerprint density at radius 3 is 1.88 bits per heavy atom. The minimum absolute atomic E-state index is 0. The summed E-state index contributed by atoms with van der Waals surface area (Å²) in [7, 11) is 0. The Morgan fingerprint density at radius 2 is 1.41 bits per heavy atom. The smallest absolute Gasteiger partial charge is 1.00 e. The molecule has 0 atom stereocenters. The Balaban J connectivity index is 0.00000144. The van der Waals surface area contributed by atoms with Gasteiger partial charge in [0.1, 0.15) is 0 Å². The molecule has 1 aromatic carbocycles. The minimum atomic E-state index is 0. The maximum atomic E-state index is 2.60. The molecular weight excluding hydrogens is 201 g/mol. The van der Waals surface area contributed by atoms with E-state index in [9.17, 15) is 0 Å². The summed E-state index contributed by atoms with van der Waals surface area (Å²) < 4.78 is 0. The minimum Gasteiger partial charge on any atom is -1.00 e. The molecule has 1 nitrogen and oxygen atoms in total. The van der Waals surface area contributed by atoms with Crippen LogP contribution in [0, 0.1) is 0 Å². The summed E-state index contributed by atoms with van der Waals surface area (Å²) >= 11 is 0. The molecule has 1 aliphatic rings. The molecule has 1 heterocycles. The fourth-order valence-corrected chi connectivity index (χ4v) is 3.27. The molecule has 0 bridgehead atoms. The van der Waals surface area contributed by atoms with Crippen LogP contribution >= 0.6 is 0 Å². The van der Waals surface area contributed by atoms with Crippen LogP contribution in [-0.4, -0.2) is 11.1 Å². The van der Waals surface area contributed by atoms with Crippen LogP contribution in [0.2, 0.25) is 0 Å². The summed E-state index contributed by atoms with van der Waals surface area (Å²) in [5.74, 6) is 0. The van der Waals surface area contributed by atoms with E-state index in [0.29, 0.717) is 0 Å². The molecular formula is C15H24LiN. The first kappa shape index (κ1) is 14.7. The summed E-state index contributed by atoms with van der Waals surface area (Å²) in [5.41, 5.74) is 1.89. The van der Waals surface area contributed by atoms with Crippen molar-refractivity contribution in [1.82, 2.24) is 0 Å². The van der Waals surface area contributed by atoms with Crippen molar-refractivity contribution in [3.63, 3.8) is 0 Å². The standard InChI is InChI=1S/C15H23N.Li.H/c1-14(2)11-8-12-15(3,4)16(14)13-9-6-5-7-10-13;;/h5-7,9-10H,8,11-12H2,1-4H3;;/q;+1;-1. The molecule has 0 spiro atoms. The van der Waals surface area contributed by atoms with Crippen LogP contribution < -0.4 is 23.8 Å². The summed E-state index contributed by atoms with van der Waals surface area (Å²) in [6, 6.07) is 10.8. The van der Waals surface area contributed by atoms with Crippen molar-refractivity contribution in [2.75, 3.05) is 4.90 Å². The van der Waals surface area contributed by atoms with Gasteiger partial charge in [-0.1, -0.05) is 18.2 Å². The summed E-state index contributed by atoms with van der Waals surface area (Å²) in [4.78, 5) is 2.60. The van der Waals surface area contributed by atoms with E-state index < -0.39 is 0 Å². The third-order valence-electron chi connectivity index (χ3n) is 3.80. The maximum Gasteiger partial charge on any atom is 1.00 e. The predicted molar refractivity (Wildman–Crippen MR) is 72.0 cm³/mol. The molecule has 0 amide bonds. The second-order valence-electron chi connectivity index (χ2n) is 6.15. The molecule has 2 rings (SSSR count). The fourth-order valence-electron chi connectivity index (χ4n) is 3.27. The zero-order chi connectivity index (χ0) is 11.8. The number of piperidine rings is 1. The van der Waals surface area contributed by atoms with E-state index in [-0.39, 0.29) is 31.4 Å². The molecule has 0 radical (unpaired) electrons. The van der Waals surface area contributed by atoms with Crippen molar-refractivity contribution >= 4 is 5.69 Å². The number of nitrogens with zero attached hydrogens (tertiary/aromatic N) is 1. The van der Waals surface area contributed by atoms with E-state index in [1.54, 1.807) is 0 Å².